The first-order valence-electron chi connectivity index (χ1n) is 13.6. The minimum atomic E-state index is 0. The second-order valence-electron chi connectivity index (χ2n) is 12.7. The number of hydrogen-bond donors (Lipinski definition) is 0. The summed E-state index contributed by atoms with van der Waals surface area (Å²) in [7, 11) is 0. The fourth-order valence-electron chi connectivity index (χ4n) is 4.41. The molecule has 0 spiro atoms. The van der Waals surface area contributed by atoms with Crippen LogP contribution in [0.25, 0.3) is 21.5 Å². The summed E-state index contributed by atoms with van der Waals surface area (Å²) in [4.78, 5) is 0. The molecule has 0 N–H and O–H groups in total. The van der Waals surface area contributed by atoms with Crippen molar-refractivity contribution in [1.29, 1.82) is 0 Å². The van der Waals surface area contributed by atoms with E-state index in [1.165, 1.54) is 54.3 Å². The number of allylic oxidation sites excluding steroid dienone is 4. The quantitative estimate of drug-likeness (QED) is 0.252. The average molecular weight is 633 g/mol. The van der Waals surface area contributed by atoms with Crippen LogP contribution in [0.4, 0.5) is 0 Å². The Kier molecular flexibility index (Phi) is 14.9. The maximum absolute atomic E-state index is 3.23. The zero-order valence-corrected chi connectivity index (χ0v) is 29.7. The first-order chi connectivity index (χ1) is 16.6. The van der Waals surface area contributed by atoms with E-state index in [4.69, 9.17) is 0 Å². The Labute approximate surface area is 261 Å². The molecule has 1 aliphatic rings. The molecule has 3 aromatic rings. The van der Waals surface area contributed by atoms with Gasteiger partial charge in [0.1, 0.15) is 0 Å². The summed E-state index contributed by atoms with van der Waals surface area (Å²) in [5.41, 5.74) is 5.09. The van der Waals surface area contributed by atoms with Crippen LogP contribution in [-0.2, 0) is 35.1 Å². The third kappa shape index (κ3) is 9.95. The molecule has 0 nitrogen and oxygen atoms in total. The van der Waals surface area contributed by atoms with Crippen LogP contribution in [0.15, 0.2) is 60.2 Å². The van der Waals surface area contributed by atoms with E-state index in [2.05, 4.69) is 137 Å². The van der Waals surface area contributed by atoms with Crippen LogP contribution in [0.3, 0.4) is 0 Å². The summed E-state index contributed by atoms with van der Waals surface area (Å²) in [5.74, 6) is 0. The van der Waals surface area contributed by atoms with Crippen molar-refractivity contribution < 1.29 is 24.2 Å². The monoisotopic (exact) mass is 630 g/mol. The van der Waals surface area contributed by atoms with E-state index >= 15 is 0 Å². The third-order valence-corrected chi connectivity index (χ3v) is 7.39. The van der Waals surface area contributed by atoms with Crippen molar-refractivity contribution >= 4 is 49.6 Å². The van der Waals surface area contributed by atoms with Crippen LogP contribution in [0, 0.1) is 11.5 Å². The number of halogens is 2. The average Bonchev–Trinajstić information content (AvgIpc) is 3.45. The molecule has 3 aromatic carbocycles. The molecule has 0 bridgehead atoms. The SMILES string of the molecule is CC(C)(C)c1ccc2[cH-]c3ccc(C(C)(C)C)cc3c2c1.CCC(C)(CC)C1=CC[C-]=C1.C[C](C)=[Zr+2].Cl.Cl. The molecule has 4 rings (SSSR count). The molecule has 0 atom stereocenters. The Morgan fingerprint density at radius 2 is 1.18 bits per heavy atom. The van der Waals surface area contributed by atoms with E-state index in [1.54, 1.807) is 24.2 Å². The predicted molar refractivity (Wildman–Crippen MR) is 174 cm³/mol. The van der Waals surface area contributed by atoms with Crippen LogP contribution < -0.4 is 0 Å². The van der Waals surface area contributed by atoms with Gasteiger partial charge in [-0.1, -0.05) is 116 Å². The summed E-state index contributed by atoms with van der Waals surface area (Å²) < 4.78 is 1.51. The number of fused-ring (bicyclic) bond motifs is 3. The van der Waals surface area contributed by atoms with Crippen molar-refractivity contribution in [2.45, 2.75) is 106 Å². The van der Waals surface area contributed by atoms with Gasteiger partial charge in [-0.3, -0.25) is 6.08 Å². The van der Waals surface area contributed by atoms with Crippen molar-refractivity contribution in [3.8, 4) is 0 Å². The number of benzene rings is 2. The zero-order valence-electron chi connectivity index (χ0n) is 25.6. The molecule has 38 heavy (non-hydrogen) atoms. The molecule has 1 aliphatic carbocycles. The summed E-state index contributed by atoms with van der Waals surface area (Å²) in [5, 5.41) is 5.49. The van der Waals surface area contributed by atoms with Gasteiger partial charge in [-0.05, 0) is 10.8 Å². The Morgan fingerprint density at radius 1 is 0.789 bits per heavy atom. The van der Waals surface area contributed by atoms with Gasteiger partial charge in [0, 0.05) is 0 Å². The van der Waals surface area contributed by atoms with E-state index in [-0.39, 0.29) is 35.6 Å². The van der Waals surface area contributed by atoms with Crippen LogP contribution >= 0.6 is 24.8 Å². The van der Waals surface area contributed by atoms with Crippen LogP contribution in [0.5, 0.6) is 0 Å². The molecule has 0 heterocycles. The van der Waals surface area contributed by atoms with E-state index < -0.39 is 0 Å². The van der Waals surface area contributed by atoms with Crippen molar-refractivity contribution in [2.24, 2.45) is 5.41 Å². The molecule has 0 saturated heterocycles. The van der Waals surface area contributed by atoms with Crippen molar-refractivity contribution in [1.82, 2.24) is 0 Å². The minimum absolute atomic E-state index is 0. The zero-order chi connectivity index (χ0) is 27.3. The second-order valence-corrected chi connectivity index (χ2v) is 15.2. The third-order valence-electron chi connectivity index (χ3n) is 7.39. The topological polar surface area (TPSA) is 0 Å². The van der Waals surface area contributed by atoms with Crippen LogP contribution in [-0.4, -0.2) is 3.21 Å². The molecule has 3 heteroatoms. The Balaban J connectivity index is 0.000000684. The van der Waals surface area contributed by atoms with Gasteiger partial charge in [-0.2, -0.15) is 11.6 Å². The van der Waals surface area contributed by atoms with Gasteiger partial charge in [0.2, 0.25) is 0 Å². The fraction of sp³-hybridized carbons (Fsp3) is 0.486. The largest absolute Gasteiger partial charge is 0.147 e. The standard InChI is InChI=1S/C21H25.C11H17.C3H6.2ClH.Zr/c1-20(2,3)16-9-7-14-11-15-8-10-17(21(4,5)6)13-19(15)18(14)12-16;1-4-11(3,5-2)10-8-6-7-9-10;1-3-2;;;/h7-13H,1-6H3;8-9H,4-6H2,1-3H3;1-2H3;2*1H;/q2*-1;;;;+2. The molecule has 0 aromatic heterocycles. The molecular weight excluding hydrogens is 583 g/mol. The molecular formula is C35H50Cl2Zr. The van der Waals surface area contributed by atoms with E-state index in [9.17, 15) is 0 Å². The Morgan fingerprint density at radius 3 is 1.47 bits per heavy atom. The smallest absolute Gasteiger partial charge is 0.147 e. The molecule has 0 amide bonds. The van der Waals surface area contributed by atoms with Crippen molar-refractivity contribution in [3.63, 3.8) is 0 Å². The summed E-state index contributed by atoms with van der Waals surface area (Å²) in [6, 6.07) is 16.1. The normalized spacial score (nSPS) is 13.0. The first kappa shape index (κ1) is 37.1. The number of hydrogen-bond acceptors (Lipinski definition) is 0. The molecule has 208 valence electrons. The minimum Gasteiger partial charge on any atom is -0.147 e. The second kappa shape index (κ2) is 15.2. The maximum Gasteiger partial charge on any atom is -0.147 e. The fourth-order valence-corrected chi connectivity index (χ4v) is 4.41. The Hall–Kier alpha value is -0.877. The summed E-state index contributed by atoms with van der Waals surface area (Å²) >= 11 is 1.55. The van der Waals surface area contributed by atoms with E-state index in [0.29, 0.717) is 5.41 Å². The summed E-state index contributed by atoms with van der Waals surface area (Å²) in [6.45, 7) is 24.8. The predicted octanol–water partition coefficient (Wildman–Crippen LogP) is 11.4. The number of rotatable bonds is 3. The van der Waals surface area contributed by atoms with Crippen molar-refractivity contribution in [2.75, 3.05) is 0 Å². The van der Waals surface area contributed by atoms with Crippen LogP contribution in [0.1, 0.15) is 107 Å². The molecule has 0 aliphatic heterocycles. The molecule has 0 saturated carbocycles. The molecule has 0 radical (unpaired) electrons. The van der Waals surface area contributed by atoms with Gasteiger partial charge < -0.3 is 0 Å². The first-order valence-corrected chi connectivity index (χ1v) is 14.8. The van der Waals surface area contributed by atoms with Gasteiger partial charge in [0.05, 0.1) is 0 Å². The van der Waals surface area contributed by atoms with Crippen LogP contribution in [0.2, 0.25) is 0 Å². The summed E-state index contributed by atoms with van der Waals surface area (Å²) in [6.07, 6.45) is 11.2. The van der Waals surface area contributed by atoms with Gasteiger partial charge in [-0.25, -0.2) is 6.08 Å². The maximum atomic E-state index is 3.23. The molecule has 0 unspecified atom stereocenters. The van der Waals surface area contributed by atoms with Gasteiger partial charge in [-0.15, -0.1) is 71.0 Å². The Bertz CT molecular complexity index is 1170. The van der Waals surface area contributed by atoms with Crippen molar-refractivity contribution in [3.05, 3.63) is 77.4 Å². The van der Waals surface area contributed by atoms with Gasteiger partial charge >= 0.3 is 41.3 Å². The molecule has 0 fully saturated rings. The van der Waals surface area contributed by atoms with E-state index in [1.807, 2.05) is 0 Å². The van der Waals surface area contributed by atoms with E-state index in [0.717, 1.165) is 6.42 Å². The van der Waals surface area contributed by atoms with Gasteiger partial charge in [0.15, 0.2) is 0 Å². The van der Waals surface area contributed by atoms with Gasteiger partial charge in [0.25, 0.3) is 0 Å².